The van der Waals surface area contributed by atoms with Gasteiger partial charge in [0, 0.05) is 11.1 Å². The van der Waals surface area contributed by atoms with Crippen molar-refractivity contribution < 1.29 is 9.84 Å². The number of ether oxygens (including phenoxy) is 1. The van der Waals surface area contributed by atoms with E-state index in [2.05, 4.69) is 12.1 Å². The Bertz CT molecular complexity index is 780. The van der Waals surface area contributed by atoms with Crippen LogP contribution in [-0.4, -0.2) is 5.11 Å². The van der Waals surface area contributed by atoms with Crippen LogP contribution in [-0.2, 0) is 17.1 Å². The van der Waals surface area contributed by atoms with Gasteiger partial charge in [0.1, 0.15) is 0 Å². The average Bonchev–Trinajstić information content (AvgIpc) is 2.87. The van der Waals surface area contributed by atoms with Gasteiger partial charge in [-0.2, -0.15) is 0 Å². The highest BCUT2D eigenvalue weighted by molar-refractivity contribution is 5.88. The van der Waals surface area contributed by atoms with Crippen molar-refractivity contribution in [3.63, 3.8) is 0 Å². The molecule has 0 spiro atoms. The summed E-state index contributed by atoms with van der Waals surface area (Å²) >= 11 is 0. The molecule has 3 aromatic rings. The predicted molar refractivity (Wildman–Crippen MR) is 78.2 cm³/mol. The minimum Gasteiger partial charge on any atom is -0.358 e. The van der Waals surface area contributed by atoms with Crippen molar-refractivity contribution >= 4 is 10.8 Å². The molecule has 20 heavy (non-hydrogen) atoms. The largest absolute Gasteiger partial charge is 0.358 e. The van der Waals surface area contributed by atoms with Crippen LogP contribution in [0.2, 0.25) is 0 Å². The molecule has 4 rings (SSSR count). The van der Waals surface area contributed by atoms with Crippen LogP contribution in [0.5, 0.6) is 0 Å². The first-order chi connectivity index (χ1) is 9.79. The zero-order chi connectivity index (χ0) is 13.6. The standard InChI is InChI=1S/C18H14O2/c19-18(15-7-2-1-3-8-15)17-14(12-20-18)11-10-13-6-4-5-9-16(13)17/h1-11,19H,12H2. The lowest BCUT2D eigenvalue weighted by atomic mass is 9.91. The van der Waals surface area contributed by atoms with E-state index in [1.165, 1.54) is 0 Å². The molecule has 1 heterocycles. The highest BCUT2D eigenvalue weighted by atomic mass is 16.6. The Morgan fingerprint density at radius 3 is 2.45 bits per heavy atom. The minimum atomic E-state index is -1.35. The molecule has 0 fully saturated rings. The molecule has 0 amide bonds. The zero-order valence-corrected chi connectivity index (χ0v) is 10.9. The van der Waals surface area contributed by atoms with Gasteiger partial charge in [0.25, 0.3) is 0 Å². The van der Waals surface area contributed by atoms with Gasteiger partial charge in [-0.25, -0.2) is 0 Å². The van der Waals surface area contributed by atoms with Gasteiger partial charge in [-0.1, -0.05) is 66.7 Å². The summed E-state index contributed by atoms with van der Waals surface area (Å²) in [5, 5.41) is 13.3. The van der Waals surface area contributed by atoms with Gasteiger partial charge in [-0.3, -0.25) is 0 Å². The molecule has 3 aromatic carbocycles. The monoisotopic (exact) mass is 262 g/mol. The van der Waals surface area contributed by atoms with E-state index in [1.807, 2.05) is 54.6 Å². The van der Waals surface area contributed by atoms with E-state index in [-0.39, 0.29) is 0 Å². The predicted octanol–water partition coefficient (Wildman–Crippen LogP) is 3.56. The lowest BCUT2D eigenvalue weighted by Crippen LogP contribution is -2.26. The molecule has 2 nitrogen and oxygen atoms in total. The topological polar surface area (TPSA) is 29.5 Å². The molecule has 1 atom stereocenters. The Hall–Kier alpha value is -2.16. The number of fused-ring (bicyclic) bond motifs is 3. The average molecular weight is 262 g/mol. The Balaban J connectivity index is 2.04. The summed E-state index contributed by atoms with van der Waals surface area (Å²) in [7, 11) is 0. The third kappa shape index (κ3) is 1.52. The van der Waals surface area contributed by atoms with Crippen LogP contribution in [0.1, 0.15) is 16.7 Å². The molecule has 0 saturated carbocycles. The SMILES string of the molecule is OC1(c2ccccc2)OCc2ccc3ccccc3c21. The van der Waals surface area contributed by atoms with Gasteiger partial charge in [-0.15, -0.1) is 0 Å². The Morgan fingerprint density at radius 1 is 0.850 bits per heavy atom. The summed E-state index contributed by atoms with van der Waals surface area (Å²) in [5.74, 6) is -1.35. The van der Waals surface area contributed by atoms with E-state index in [9.17, 15) is 5.11 Å². The summed E-state index contributed by atoms with van der Waals surface area (Å²) in [6, 6.07) is 21.8. The summed E-state index contributed by atoms with van der Waals surface area (Å²) in [5.41, 5.74) is 2.70. The van der Waals surface area contributed by atoms with Crippen molar-refractivity contribution in [2.45, 2.75) is 12.4 Å². The van der Waals surface area contributed by atoms with Gasteiger partial charge in [0.15, 0.2) is 0 Å². The molecule has 1 unspecified atom stereocenters. The first kappa shape index (κ1) is 11.6. The lowest BCUT2D eigenvalue weighted by molar-refractivity contribution is -0.169. The molecular weight excluding hydrogens is 248 g/mol. The number of hydrogen-bond donors (Lipinski definition) is 1. The summed E-state index contributed by atoms with van der Waals surface area (Å²) in [4.78, 5) is 0. The number of rotatable bonds is 1. The normalized spacial score (nSPS) is 21.1. The second kappa shape index (κ2) is 4.17. The van der Waals surface area contributed by atoms with Crippen LogP contribution in [0.4, 0.5) is 0 Å². The van der Waals surface area contributed by atoms with E-state index in [0.717, 1.165) is 27.5 Å². The van der Waals surface area contributed by atoms with E-state index < -0.39 is 5.79 Å². The van der Waals surface area contributed by atoms with Crippen LogP contribution >= 0.6 is 0 Å². The van der Waals surface area contributed by atoms with Crippen molar-refractivity contribution in [1.29, 1.82) is 0 Å². The summed E-state index contributed by atoms with van der Waals surface area (Å²) in [6.07, 6.45) is 0. The van der Waals surface area contributed by atoms with Crippen LogP contribution < -0.4 is 0 Å². The van der Waals surface area contributed by atoms with Gasteiger partial charge in [0.2, 0.25) is 5.79 Å². The third-order valence-electron chi connectivity index (χ3n) is 3.96. The maximum Gasteiger partial charge on any atom is 0.221 e. The van der Waals surface area contributed by atoms with Crippen molar-refractivity contribution in [2.75, 3.05) is 0 Å². The van der Waals surface area contributed by atoms with E-state index in [0.29, 0.717) is 6.61 Å². The molecule has 0 bridgehead atoms. The summed E-state index contributed by atoms with van der Waals surface area (Å²) in [6.45, 7) is 0.436. The van der Waals surface area contributed by atoms with Gasteiger partial charge >= 0.3 is 0 Å². The number of benzene rings is 3. The fraction of sp³-hybridized carbons (Fsp3) is 0.111. The van der Waals surface area contributed by atoms with Crippen molar-refractivity contribution in [3.8, 4) is 0 Å². The number of hydrogen-bond acceptors (Lipinski definition) is 2. The maximum absolute atomic E-state index is 11.1. The molecule has 98 valence electrons. The Morgan fingerprint density at radius 2 is 1.60 bits per heavy atom. The molecule has 0 saturated heterocycles. The van der Waals surface area contributed by atoms with E-state index >= 15 is 0 Å². The smallest absolute Gasteiger partial charge is 0.221 e. The van der Waals surface area contributed by atoms with Gasteiger partial charge < -0.3 is 9.84 Å². The molecule has 0 radical (unpaired) electrons. The zero-order valence-electron chi connectivity index (χ0n) is 10.9. The highest BCUT2D eigenvalue weighted by Gasteiger charge is 2.41. The minimum absolute atomic E-state index is 0.436. The molecular formula is C18H14O2. The molecule has 1 N–H and O–H groups in total. The van der Waals surface area contributed by atoms with Crippen LogP contribution in [0.15, 0.2) is 66.7 Å². The molecule has 1 aliphatic heterocycles. The van der Waals surface area contributed by atoms with Crippen LogP contribution in [0.3, 0.4) is 0 Å². The molecule has 0 aliphatic carbocycles. The molecule has 2 heteroatoms. The Labute approximate surface area is 117 Å². The second-order valence-electron chi connectivity index (χ2n) is 5.12. The van der Waals surface area contributed by atoms with Gasteiger partial charge in [0.05, 0.1) is 6.61 Å². The van der Waals surface area contributed by atoms with E-state index in [1.54, 1.807) is 0 Å². The molecule has 0 aromatic heterocycles. The van der Waals surface area contributed by atoms with Crippen molar-refractivity contribution in [2.24, 2.45) is 0 Å². The van der Waals surface area contributed by atoms with E-state index in [4.69, 9.17) is 4.74 Å². The fourth-order valence-corrected chi connectivity index (χ4v) is 2.98. The lowest BCUT2D eigenvalue weighted by Gasteiger charge is -2.24. The Kier molecular flexibility index (Phi) is 2.43. The van der Waals surface area contributed by atoms with Crippen molar-refractivity contribution in [3.05, 3.63) is 83.4 Å². The van der Waals surface area contributed by atoms with Crippen LogP contribution in [0.25, 0.3) is 10.8 Å². The first-order valence-electron chi connectivity index (χ1n) is 6.72. The second-order valence-corrected chi connectivity index (χ2v) is 5.12. The quantitative estimate of drug-likeness (QED) is 0.726. The van der Waals surface area contributed by atoms with Crippen LogP contribution in [0, 0.1) is 0 Å². The third-order valence-corrected chi connectivity index (χ3v) is 3.96. The van der Waals surface area contributed by atoms with Gasteiger partial charge in [-0.05, 0) is 16.3 Å². The fourth-order valence-electron chi connectivity index (χ4n) is 2.98. The first-order valence-corrected chi connectivity index (χ1v) is 6.72. The highest BCUT2D eigenvalue weighted by Crippen LogP contribution is 2.43. The summed E-state index contributed by atoms with van der Waals surface area (Å²) < 4.78 is 5.76. The van der Waals surface area contributed by atoms with Crippen molar-refractivity contribution in [1.82, 2.24) is 0 Å². The maximum atomic E-state index is 11.1. The molecule has 1 aliphatic rings. The number of aliphatic hydroxyl groups is 1.